The van der Waals surface area contributed by atoms with E-state index in [4.69, 9.17) is 9.39 Å². The van der Waals surface area contributed by atoms with Crippen molar-refractivity contribution in [1.29, 1.82) is 0 Å². The number of hydrogen-bond donors (Lipinski definition) is 0. The van der Waals surface area contributed by atoms with Gasteiger partial charge in [-0.15, -0.1) is 0 Å². The molecule has 0 aromatic carbocycles. The van der Waals surface area contributed by atoms with E-state index < -0.39 is 17.5 Å². The Morgan fingerprint density at radius 1 is 0.929 bits per heavy atom. The zero-order chi connectivity index (χ0) is 30.0. The van der Waals surface area contributed by atoms with Crippen LogP contribution in [0.4, 0.5) is 0 Å². The molecule has 16 heteroatoms. The van der Waals surface area contributed by atoms with Gasteiger partial charge in [-0.1, -0.05) is 0 Å². The van der Waals surface area contributed by atoms with Crippen molar-refractivity contribution in [2.75, 3.05) is 14.2 Å². The molecule has 42 heavy (non-hydrogen) atoms. The van der Waals surface area contributed by atoms with Crippen molar-refractivity contribution in [3.05, 3.63) is 104 Å². The average Bonchev–Trinajstić information content (AvgIpc) is 3.82. The molecular weight excluding hydrogens is 717 g/mol. The number of esters is 2. The molecule has 0 saturated heterocycles. The molecule has 0 N–H and O–H groups in total. The Hall–Kier alpha value is -4.47. The maximum Gasteiger partial charge on any atom is 0.260 e. The van der Waals surface area contributed by atoms with Crippen LogP contribution in [0.2, 0.25) is 0 Å². The number of ether oxygens (including phenoxy) is 3. The minimum Gasteiger partial charge on any atom is -0.425 e. The standard InChI is InChI=1S/C12H14O5.C9H9BN6.C4H6N2.CO.Re/c1-6-5-7-8(10(13)15-3)9(11(14)16-4)12(7,2)17-6;1-4-11-14(7-1)10(15-8-2-5-12-15)16-9-3-6-13-16;1-6-3-2-5-4-6;1-2;/h5,7H,1-4H3;1-9H;2-4H,1H3;;/q;-1;;;/t7-,12-;;;;/m0..../s1. The molecule has 0 unspecified atom stereocenters. The summed E-state index contributed by atoms with van der Waals surface area (Å²) in [6.45, 7) is 8.05. The van der Waals surface area contributed by atoms with E-state index in [0.29, 0.717) is 11.3 Å². The number of rotatable bonds is 5. The number of hydrogen-bond acceptors (Lipinski definition) is 9. The third-order valence-electron chi connectivity index (χ3n) is 6.16. The summed E-state index contributed by atoms with van der Waals surface area (Å²) in [5.74, 6) is -0.600. The summed E-state index contributed by atoms with van der Waals surface area (Å²) in [5, 5.41) is 12.7. The molecule has 4 aromatic rings. The smallest absolute Gasteiger partial charge is 0.260 e. The van der Waals surface area contributed by atoms with Crippen LogP contribution in [0.25, 0.3) is 0 Å². The van der Waals surface area contributed by atoms with Crippen LogP contribution in [-0.4, -0.2) is 77.5 Å². The minimum absolute atomic E-state index is 0. The van der Waals surface area contributed by atoms with Gasteiger partial charge in [-0.25, -0.2) is 29.9 Å². The Bertz CT molecular complexity index is 1400. The van der Waals surface area contributed by atoms with Crippen LogP contribution in [0, 0.1) is 12.6 Å². The van der Waals surface area contributed by atoms with Crippen LogP contribution >= 0.6 is 0 Å². The van der Waals surface area contributed by atoms with Gasteiger partial charge >= 0.3 is 23.2 Å². The van der Waals surface area contributed by atoms with E-state index in [1.54, 1.807) is 58.7 Å². The first-order valence-electron chi connectivity index (χ1n) is 12.2. The topological polar surface area (TPSA) is 153 Å². The summed E-state index contributed by atoms with van der Waals surface area (Å²) >= 11 is 0. The molecule has 6 rings (SSSR count). The van der Waals surface area contributed by atoms with Crippen molar-refractivity contribution in [2.24, 2.45) is 13.0 Å². The Morgan fingerprint density at radius 2 is 1.43 bits per heavy atom. The monoisotopic (exact) mass is 747 g/mol. The first-order valence-corrected chi connectivity index (χ1v) is 12.2. The van der Waals surface area contributed by atoms with Gasteiger partial charge in [-0.2, -0.15) is 0 Å². The van der Waals surface area contributed by atoms with Crippen LogP contribution in [0.3, 0.4) is 0 Å². The largest absolute Gasteiger partial charge is 0.425 e. The summed E-state index contributed by atoms with van der Waals surface area (Å²) < 4.78 is 29.7. The van der Waals surface area contributed by atoms with Crippen molar-refractivity contribution in [3.8, 4) is 0 Å². The predicted octanol–water partition coefficient (Wildman–Crippen LogP) is 1.54. The van der Waals surface area contributed by atoms with Crippen molar-refractivity contribution >= 4 is 19.1 Å². The van der Waals surface area contributed by atoms with Gasteiger partial charge in [0.05, 0.1) is 43.4 Å². The van der Waals surface area contributed by atoms with Gasteiger partial charge in [-0.3, -0.25) is 0 Å². The number of aromatic nitrogens is 8. The number of nitrogens with zero attached hydrogens (tertiary/aromatic N) is 8. The van der Waals surface area contributed by atoms with Crippen LogP contribution in [0.15, 0.2) is 97.1 Å². The molecule has 1 aliphatic carbocycles. The molecule has 1 aliphatic heterocycles. The summed E-state index contributed by atoms with van der Waals surface area (Å²) in [6, 6.07) is 5.62. The van der Waals surface area contributed by atoms with Crippen molar-refractivity contribution in [3.63, 3.8) is 0 Å². The quantitative estimate of drug-likeness (QED) is 0.128. The fourth-order valence-electron chi connectivity index (χ4n) is 4.43. The van der Waals surface area contributed by atoms with E-state index in [2.05, 4.69) is 36.4 Å². The van der Waals surface area contributed by atoms with Gasteiger partial charge in [0.1, 0.15) is 5.60 Å². The Labute approximate surface area is 256 Å². The van der Waals surface area contributed by atoms with Crippen LogP contribution in [0.1, 0.15) is 13.8 Å². The summed E-state index contributed by atoms with van der Waals surface area (Å²) in [6.07, 6.45) is 18.1. The van der Waals surface area contributed by atoms with Crippen molar-refractivity contribution < 1.29 is 48.9 Å². The number of methoxy groups -OCH3 is 2. The number of allylic oxidation sites excluding steroid dienone is 1. The predicted molar refractivity (Wildman–Crippen MR) is 144 cm³/mol. The second kappa shape index (κ2) is 15.5. The first kappa shape index (κ1) is 33.7. The fourth-order valence-corrected chi connectivity index (χ4v) is 4.43. The van der Waals surface area contributed by atoms with E-state index in [1.165, 1.54) is 14.2 Å². The molecule has 0 bridgehead atoms. The van der Waals surface area contributed by atoms with Crippen molar-refractivity contribution in [2.45, 2.75) is 19.4 Å². The van der Waals surface area contributed by atoms with E-state index in [0.717, 1.165) is 0 Å². The number of imidazole rings is 1. The fraction of sp³-hybridized carbons (Fsp3) is 0.269. The first-order chi connectivity index (χ1) is 19.8. The molecule has 2 atom stereocenters. The zero-order valence-electron chi connectivity index (χ0n) is 23.6. The van der Waals surface area contributed by atoms with Crippen molar-refractivity contribution in [1.82, 2.24) is 38.6 Å². The summed E-state index contributed by atoms with van der Waals surface area (Å²) in [4.78, 5) is 27.1. The summed E-state index contributed by atoms with van der Waals surface area (Å²) in [5.41, 5.74) is -0.204. The Kier molecular flexibility index (Phi) is 12.5. The molecule has 0 spiro atoms. The maximum absolute atomic E-state index is 11.7. The van der Waals surface area contributed by atoms with E-state index >= 15 is 0 Å². The van der Waals surface area contributed by atoms with Gasteiger partial charge < -0.3 is 32.6 Å². The Morgan fingerprint density at radius 3 is 1.76 bits per heavy atom. The van der Waals surface area contributed by atoms with E-state index in [-0.39, 0.29) is 39.0 Å². The molecule has 0 amide bonds. The average molecular weight is 747 g/mol. The van der Waals surface area contributed by atoms with Crippen LogP contribution in [-0.2, 0) is 55.9 Å². The molecule has 4 aromatic heterocycles. The number of fused-ring (bicyclic) bond motifs is 1. The Balaban J connectivity index is 0.000000230. The molecular formula is C26H29BN8O6Re-. The van der Waals surface area contributed by atoms with E-state index in [9.17, 15) is 9.59 Å². The second-order valence-corrected chi connectivity index (χ2v) is 8.77. The third-order valence-corrected chi connectivity index (χ3v) is 6.16. The van der Waals surface area contributed by atoms with Crippen LogP contribution in [0.5, 0.6) is 0 Å². The molecule has 0 fully saturated rings. The van der Waals surface area contributed by atoms with Crippen LogP contribution < -0.4 is 0 Å². The SMILES string of the molecule is COC(=O)C1=C(C(=O)OC)[C@@]2(C)OC(C)=C[C@@H]12.Cn1ccnc1.[C-]#[O+].[Re].c1cnn([B-](n2cccn2)n2cccn2)c1. The van der Waals surface area contributed by atoms with Gasteiger partial charge in [0.25, 0.3) is 7.12 Å². The normalized spacial score (nSPS) is 17.6. The second-order valence-electron chi connectivity index (χ2n) is 8.77. The summed E-state index contributed by atoms with van der Waals surface area (Å²) in [7, 11) is 4.30. The minimum atomic E-state index is -0.791. The molecule has 2 aliphatic rings. The number of aryl methyl sites for hydroxylation is 1. The van der Waals surface area contributed by atoms with Gasteiger partial charge in [-0.05, 0) is 56.7 Å². The van der Waals surface area contributed by atoms with Gasteiger partial charge in [0.2, 0.25) is 0 Å². The molecule has 0 saturated carbocycles. The zero-order valence-corrected chi connectivity index (χ0v) is 26.3. The molecule has 5 heterocycles. The number of carbonyl (C=O) groups excluding carboxylic acids is 2. The van der Waals surface area contributed by atoms with Gasteiger partial charge in [0.15, 0.2) is 0 Å². The van der Waals surface area contributed by atoms with E-state index in [1.807, 2.05) is 60.7 Å². The number of carbonyl (C=O) groups is 2. The maximum atomic E-state index is 11.7. The third kappa shape index (κ3) is 7.23. The molecule has 220 valence electrons. The van der Waals surface area contributed by atoms with Gasteiger partial charge in [0, 0.05) is 58.5 Å². The molecule has 14 nitrogen and oxygen atoms in total. The molecule has 2 radical (unpaired) electrons.